The van der Waals surface area contributed by atoms with E-state index in [0.717, 1.165) is 11.1 Å². The van der Waals surface area contributed by atoms with Gasteiger partial charge in [-0.25, -0.2) is 4.79 Å². The van der Waals surface area contributed by atoms with Crippen molar-refractivity contribution >= 4 is 11.9 Å². The van der Waals surface area contributed by atoms with E-state index >= 15 is 0 Å². The van der Waals surface area contributed by atoms with Gasteiger partial charge in [0.25, 0.3) is 0 Å². The maximum Gasteiger partial charge on any atom is 0.326 e. The van der Waals surface area contributed by atoms with E-state index in [9.17, 15) is 14.7 Å². The van der Waals surface area contributed by atoms with Crippen LogP contribution in [-0.4, -0.2) is 36.7 Å². The van der Waals surface area contributed by atoms with Gasteiger partial charge in [-0.3, -0.25) is 4.79 Å². The second-order valence-corrected chi connectivity index (χ2v) is 5.51. The van der Waals surface area contributed by atoms with E-state index in [4.69, 9.17) is 9.47 Å². The monoisotopic (exact) mass is 343 g/mol. The second-order valence-electron chi connectivity index (χ2n) is 5.51. The molecular formula is C19H21NO5. The van der Waals surface area contributed by atoms with E-state index in [1.807, 2.05) is 30.3 Å². The molecule has 132 valence electrons. The summed E-state index contributed by atoms with van der Waals surface area (Å²) in [6, 6.07) is 16.0. The van der Waals surface area contributed by atoms with Crippen LogP contribution in [0.1, 0.15) is 11.1 Å². The smallest absolute Gasteiger partial charge is 0.326 e. The topological polar surface area (TPSA) is 84.9 Å². The van der Waals surface area contributed by atoms with E-state index in [1.165, 1.54) is 7.11 Å². The van der Waals surface area contributed by atoms with Crippen molar-refractivity contribution in [3.63, 3.8) is 0 Å². The molecule has 0 unspecified atom stereocenters. The summed E-state index contributed by atoms with van der Waals surface area (Å²) in [6.07, 6.45) is 0.184. The first-order chi connectivity index (χ1) is 12.1. The molecule has 0 aromatic heterocycles. The molecule has 25 heavy (non-hydrogen) atoms. The van der Waals surface area contributed by atoms with Crippen LogP contribution in [0.2, 0.25) is 0 Å². The molecule has 2 N–H and O–H groups in total. The SMILES string of the molecule is COCC(=O)N[C@@H](Cc1ccc(OCc2ccccc2)cc1)C(=O)O. The molecule has 0 aliphatic heterocycles. The van der Waals surface area contributed by atoms with Crippen LogP contribution in [0, 0.1) is 0 Å². The number of nitrogens with one attached hydrogen (secondary N) is 1. The van der Waals surface area contributed by atoms with Crippen molar-refractivity contribution in [2.75, 3.05) is 13.7 Å². The van der Waals surface area contributed by atoms with E-state index in [2.05, 4.69) is 5.32 Å². The Morgan fingerprint density at radius 1 is 1.04 bits per heavy atom. The summed E-state index contributed by atoms with van der Waals surface area (Å²) in [5.41, 5.74) is 1.86. The maximum absolute atomic E-state index is 11.5. The Bertz CT molecular complexity index is 685. The zero-order chi connectivity index (χ0) is 18.1. The number of ether oxygens (including phenoxy) is 2. The minimum atomic E-state index is -1.09. The fourth-order valence-electron chi connectivity index (χ4n) is 2.27. The molecule has 0 aliphatic carbocycles. The number of carbonyl (C=O) groups excluding carboxylic acids is 1. The normalized spacial score (nSPS) is 11.6. The Balaban J connectivity index is 1.91. The van der Waals surface area contributed by atoms with E-state index in [0.29, 0.717) is 12.4 Å². The Morgan fingerprint density at radius 2 is 1.72 bits per heavy atom. The number of hydrogen-bond donors (Lipinski definition) is 2. The highest BCUT2D eigenvalue weighted by molar-refractivity contribution is 5.84. The Labute approximate surface area is 146 Å². The van der Waals surface area contributed by atoms with Gasteiger partial charge < -0.3 is 19.9 Å². The highest BCUT2D eigenvalue weighted by Crippen LogP contribution is 2.15. The number of benzene rings is 2. The largest absolute Gasteiger partial charge is 0.489 e. The lowest BCUT2D eigenvalue weighted by Crippen LogP contribution is -2.43. The van der Waals surface area contributed by atoms with Crippen LogP contribution < -0.4 is 10.1 Å². The van der Waals surface area contributed by atoms with Crippen molar-refractivity contribution in [3.05, 3.63) is 65.7 Å². The average Bonchev–Trinajstić information content (AvgIpc) is 2.61. The standard InChI is InChI=1S/C19H21NO5/c1-24-13-18(21)20-17(19(22)23)11-14-7-9-16(10-8-14)25-12-15-5-3-2-4-6-15/h2-10,17H,11-13H2,1H3,(H,20,21)(H,22,23)/t17-/m0/s1. The molecule has 0 radical (unpaired) electrons. The molecule has 1 amide bonds. The predicted octanol–water partition coefficient (Wildman–Crippen LogP) is 2.02. The van der Waals surface area contributed by atoms with Gasteiger partial charge in [0.1, 0.15) is 25.0 Å². The summed E-state index contributed by atoms with van der Waals surface area (Å²) in [5.74, 6) is -0.852. The van der Waals surface area contributed by atoms with E-state index in [1.54, 1.807) is 24.3 Å². The number of hydrogen-bond acceptors (Lipinski definition) is 4. The first-order valence-electron chi connectivity index (χ1n) is 7.85. The van der Waals surface area contributed by atoms with Gasteiger partial charge in [-0.15, -0.1) is 0 Å². The van der Waals surface area contributed by atoms with Crippen molar-refractivity contribution in [1.29, 1.82) is 0 Å². The van der Waals surface area contributed by atoms with Crippen molar-refractivity contribution in [1.82, 2.24) is 5.32 Å². The number of methoxy groups -OCH3 is 1. The molecular weight excluding hydrogens is 322 g/mol. The Hall–Kier alpha value is -2.86. The minimum absolute atomic E-state index is 0.171. The second kappa shape index (κ2) is 9.44. The lowest BCUT2D eigenvalue weighted by molar-refractivity contribution is -0.142. The van der Waals surface area contributed by atoms with Crippen molar-refractivity contribution in [2.24, 2.45) is 0 Å². The molecule has 0 saturated heterocycles. The van der Waals surface area contributed by atoms with Crippen LogP contribution in [0.25, 0.3) is 0 Å². The van der Waals surface area contributed by atoms with Crippen LogP contribution in [0.5, 0.6) is 5.75 Å². The van der Waals surface area contributed by atoms with Gasteiger partial charge in [0, 0.05) is 13.5 Å². The fraction of sp³-hybridized carbons (Fsp3) is 0.263. The molecule has 6 nitrogen and oxygen atoms in total. The van der Waals surface area contributed by atoms with E-state index in [-0.39, 0.29) is 13.0 Å². The molecule has 6 heteroatoms. The van der Waals surface area contributed by atoms with Crippen LogP contribution in [0.4, 0.5) is 0 Å². The van der Waals surface area contributed by atoms with Crippen LogP contribution in [0.3, 0.4) is 0 Å². The zero-order valence-corrected chi connectivity index (χ0v) is 14.0. The third-order valence-electron chi connectivity index (χ3n) is 3.52. The Kier molecular flexibility index (Phi) is 6.98. The van der Waals surface area contributed by atoms with Crippen LogP contribution in [-0.2, 0) is 27.4 Å². The molecule has 2 aromatic rings. The van der Waals surface area contributed by atoms with Crippen molar-refractivity contribution in [2.45, 2.75) is 19.1 Å². The van der Waals surface area contributed by atoms with Gasteiger partial charge in [-0.05, 0) is 23.3 Å². The summed E-state index contributed by atoms with van der Waals surface area (Å²) < 4.78 is 10.4. The van der Waals surface area contributed by atoms with E-state index < -0.39 is 17.9 Å². The quantitative estimate of drug-likeness (QED) is 0.728. The molecule has 0 bridgehead atoms. The van der Waals surface area contributed by atoms with Gasteiger partial charge in [0.15, 0.2) is 0 Å². The molecule has 0 spiro atoms. The molecule has 2 rings (SSSR count). The van der Waals surface area contributed by atoms with Gasteiger partial charge in [-0.2, -0.15) is 0 Å². The molecule has 0 aliphatic rings. The Morgan fingerprint density at radius 3 is 2.32 bits per heavy atom. The lowest BCUT2D eigenvalue weighted by atomic mass is 10.1. The third-order valence-corrected chi connectivity index (χ3v) is 3.52. The molecule has 1 atom stereocenters. The van der Waals surface area contributed by atoms with Crippen LogP contribution >= 0.6 is 0 Å². The minimum Gasteiger partial charge on any atom is -0.489 e. The van der Waals surface area contributed by atoms with Gasteiger partial charge >= 0.3 is 5.97 Å². The maximum atomic E-state index is 11.5. The predicted molar refractivity (Wildman–Crippen MR) is 92.4 cm³/mol. The highest BCUT2D eigenvalue weighted by Gasteiger charge is 2.20. The average molecular weight is 343 g/mol. The zero-order valence-electron chi connectivity index (χ0n) is 14.0. The number of amides is 1. The number of carboxylic acid groups (broad SMARTS) is 1. The first kappa shape index (κ1) is 18.5. The summed E-state index contributed by atoms with van der Waals surface area (Å²) in [7, 11) is 1.38. The van der Waals surface area contributed by atoms with Gasteiger partial charge in [0.05, 0.1) is 0 Å². The van der Waals surface area contributed by atoms with Crippen molar-refractivity contribution < 1.29 is 24.2 Å². The molecule has 0 fully saturated rings. The summed E-state index contributed by atoms with van der Waals surface area (Å²) in [4.78, 5) is 22.8. The number of aliphatic carboxylic acids is 1. The molecule has 2 aromatic carbocycles. The van der Waals surface area contributed by atoms with Gasteiger partial charge in [0.2, 0.25) is 5.91 Å². The number of carboxylic acids is 1. The lowest BCUT2D eigenvalue weighted by Gasteiger charge is -2.14. The summed E-state index contributed by atoms with van der Waals surface area (Å²) in [5, 5.41) is 11.7. The molecule has 0 saturated carbocycles. The summed E-state index contributed by atoms with van der Waals surface area (Å²) in [6.45, 7) is 0.293. The number of rotatable bonds is 9. The van der Waals surface area contributed by atoms with Crippen LogP contribution in [0.15, 0.2) is 54.6 Å². The van der Waals surface area contributed by atoms with Crippen molar-refractivity contribution in [3.8, 4) is 5.75 Å². The first-order valence-corrected chi connectivity index (χ1v) is 7.85. The number of carbonyl (C=O) groups is 2. The molecule has 0 heterocycles. The third kappa shape index (κ3) is 6.27. The summed E-state index contributed by atoms with van der Waals surface area (Å²) >= 11 is 0. The highest BCUT2D eigenvalue weighted by atomic mass is 16.5. The van der Waals surface area contributed by atoms with Gasteiger partial charge in [-0.1, -0.05) is 42.5 Å². The fourth-order valence-corrected chi connectivity index (χ4v) is 2.27.